The van der Waals surface area contributed by atoms with E-state index >= 15 is 0 Å². The third kappa shape index (κ3) is 3.69. The summed E-state index contributed by atoms with van der Waals surface area (Å²) in [7, 11) is 1.78. The van der Waals surface area contributed by atoms with Crippen LogP contribution in [0.3, 0.4) is 0 Å². The van der Waals surface area contributed by atoms with Crippen LogP contribution in [0.2, 0.25) is 0 Å². The molecular weight excluding hydrogens is 281 g/mol. The molecule has 21 heavy (non-hydrogen) atoms. The third-order valence-corrected chi connectivity index (χ3v) is 2.93. The molecule has 0 aliphatic carbocycles. The minimum absolute atomic E-state index is 0.398. The molecule has 112 valence electrons. The van der Waals surface area contributed by atoms with Gasteiger partial charge in [0.25, 0.3) is 0 Å². The van der Waals surface area contributed by atoms with Crippen LogP contribution >= 0.6 is 0 Å². The molecule has 0 radical (unpaired) electrons. The molecule has 2 N–H and O–H groups in total. The molecule has 1 heterocycles. The highest BCUT2D eigenvalue weighted by atomic mass is 19.4. The molecule has 0 spiro atoms. The second-order valence-corrected chi connectivity index (χ2v) is 4.53. The standard InChI is InChI=1S/C14H15F3N4/c1-21(8-6-18)13-19-7-5-12(20-13)10-3-2-4-11(9-10)14(15,16)17/h2-5,7,9H,6,8,18H2,1H3. The van der Waals surface area contributed by atoms with Crippen molar-refractivity contribution in [3.63, 3.8) is 0 Å². The number of rotatable bonds is 4. The molecule has 2 aromatic rings. The number of nitrogens with two attached hydrogens (primary N) is 1. The van der Waals surface area contributed by atoms with Gasteiger partial charge in [0.2, 0.25) is 5.95 Å². The highest BCUT2D eigenvalue weighted by Crippen LogP contribution is 2.31. The zero-order chi connectivity index (χ0) is 15.5. The first-order valence-electron chi connectivity index (χ1n) is 6.33. The highest BCUT2D eigenvalue weighted by Gasteiger charge is 2.30. The van der Waals surface area contributed by atoms with E-state index in [1.54, 1.807) is 24.1 Å². The minimum Gasteiger partial charge on any atom is -0.343 e. The van der Waals surface area contributed by atoms with Crippen molar-refractivity contribution < 1.29 is 13.2 Å². The van der Waals surface area contributed by atoms with Gasteiger partial charge in [0.05, 0.1) is 11.3 Å². The average Bonchev–Trinajstić information content (AvgIpc) is 2.47. The lowest BCUT2D eigenvalue weighted by molar-refractivity contribution is -0.137. The number of likely N-dealkylation sites (N-methyl/N-ethyl adjacent to an activating group) is 1. The summed E-state index contributed by atoms with van der Waals surface area (Å²) in [4.78, 5) is 10.1. The van der Waals surface area contributed by atoms with Gasteiger partial charge in [-0.05, 0) is 18.2 Å². The largest absolute Gasteiger partial charge is 0.416 e. The van der Waals surface area contributed by atoms with Crippen molar-refractivity contribution in [3.8, 4) is 11.3 Å². The Morgan fingerprint density at radius 3 is 2.67 bits per heavy atom. The van der Waals surface area contributed by atoms with Crippen molar-refractivity contribution in [1.29, 1.82) is 0 Å². The Labute approximate surface area is 120 Å². The van der Waals surface area contributed by atoms with Gasteiger partial charge >= 0.3 is 6.18 Å². The van der Waals surface area contributed by atoms with Crippen LogP contribution in [-0.2, 0) is 6.18 Å². The summed E-state index contributed by atoms with van der Waals surface area (Å²) in [6.45, 7) is 1.000. The summed E-state index contributed by atoms with van der Waals surface area (Å²) in [6, 6.07) is 6.64. The number of benzene rings is 1. The van der Waals surface area contributed by atoms with Gasteiger partial charge in [0.1, 0.15) is 0 Å². The monoisotopic (exact) mass is 296 g/mol. The molecule has 0 saturated heterocycles. The van der Waals surface area contributed by atoms with E-state index in [1.807, 2.05) is 0 Å². The Kier molecular flexibility index (Phi) is 4.42. The van der Waals surface area contributed by atoms with Crippen LogP contribution in [0, 0.1) is 0 Å². The fourth-order valence-corrected chi connectivity index (χ4v) is 1.84. The maximum atomic E-state index is 12.7. The molecule has 0 amide bonds. The molecule has 1 aromatic heterocycles. The Morgan fingerprint density at radius 1 is 1.24 bits per heavy atom. The number of anilines is 1. The van der Waals surface area contributed by atoms with E-state index in [0.29, 0.717) is 30.3 Å². The molecule has 4 nitrogen and oxygen atoms in total. The van der Waals surface area contributed by atoms with Crippen molar-refractivity contribution in [1.82, 2.24) is 9.97 Å². The van der Waals surface area contributed by atoms with Crippen molar-refractivity contribution in [2.24, 2.45) is 5.73 Å². The molecule has 0 atom stereocenters. The quantitative estimate of drug-likeness (QED) is 0.942. The maximum Gasteiger partial charge on any atom is 0.416 e. The summed E-state index contributed by atoms with van der Waals surface area (Å²) in [5.74, 6) is 0.426. The lowest BCUT2D eigenvalue weighted by atomic mass is 10.1. The number of alkyl halides is 3. The minimum atomic E-state index is -4.37. The Morgan fingerprint density at radius 2 is 2.00 bits per heavy atom. The van der Waals surface area contributed by atoms with Crippen LogP contribution in [0.15, 0.2) is 36.5 Å². The van der Waals surface area contributed by atoms with Crippen LogP contribution in [0.25, 0.3) is 11.3 Å². The van der Waals surface area contributed by atoms with Crippen molar-refractivity contribution in [2.75, 3.05) is 25.0 Å². The first-order chi connectivity index (χ1) is 9.91. The van der Waals surface area contributed by atoms with E-state index in [9.17, 15) is 13.2 Å². The third-order valence-electron chi connectivity index (χ3n) is 2.93. The number of halogens is 3. The van der Waals surface area contributed by atoms with Crippen LogP contribution in [0.4, 0.5) is 19.1 Å². The molecule has 0 aliphatic rings. The zero-order valence-electron chi connectivity index (χ0n) is 11.4. The average molecular weight is 296 g/mol. The summed E-state index contributed by atoms with van der Waals surface area (Å²) in [6.07, 6.45) is -2.85. The first-order valence-corrected chi connectivity index (χ1v) is 6.33. The van der Waals surface area contributed by atoms with Gasteiger partial charge in [-0.1, -0.05) is 12.1 Å². The van der Waals surface area contributed by atoms with E-state index in [-0.39, 0.29) is 0 Å². The summed E-state index contributed by atoms with van der Waals surface area (Å²) in [5, 5.41) is 0. The summed E-state index contributed by atoms with van der Waals surface area (Å²) < 4.78 is 38.2. The van der Waals surface area contributed by atoms with E-state index in [1.165, 1.54) is 12.3 Å². The summed E-state index contributed by atoms with van der Waals surface area (Å²) in [5.41, 5.74) is 5.60. The summed E-state index contributed by atoms with van der Waals surface area (Å²) >= 11 is 0. The lowest BCUT2D eigenvalue weighted by Crippen LogP contribution is -2.26. The SMILES string of the molecule is CN(CCN)c1nccc(-c2cccc(C(F)(F)F)c2)n1. The van der Waals surface area contributed by atoms with E-state index in [4.69, 9.17) is 5.73 Å². The van der Waals surface area contributed by atoms with Gasteiger partial charge in [0, 0.05) is 31.9 Å². The molecule has 2 rings (SSSR count). The lowest BCUT2D eigenvalue weighted by Gasteiger charge is -2.16. The number of nitrogens with zero attached hydrogens (tertiary/aromatic N) is 3. The van der Waals surface area contributed by atoms with Crippen molar-refractivity contribution in [3.05, 3.63) is 42.1 Å². The van der Waals surface area contributed by atoms with Gasteiger partial charge in [-0.25, -0.2) is 9.97 Å². The second-order valence-electron chi connectivity index (χ2n) is 4.53. The van der Waals surface area contributed by atoms with Crippen LogP contribution in [0.1, 0.15) is 5.56 Å². The van der Waals surface area contributed by atoms with E-state index in [0.717, 1.165) is 12.1 Å². The van der Waals surface area contributed by atoms with Crippen molar-refractivity contribution >= 4 is 5.95 Å². The van der Waals surface area contributed by atoms with Crippen molar-refractivity contribution in [2.45, 2.75) is 6.18 Å². The Balaban J connectivity index is 2.36. The predicted octanol–water partition coefficient (Wildman–Crippen LogP) is 2.56. The van der Waals surface area contributed by atoms with E-state index in [2.05, 4.69) is 9.97 Å². The van der Waals surface area contributed by atoms with Gasteiger partial charge in [-0.3, -0.25) is 0 Å². The van der Waals surface area contributed by atoms with E-state index < -0.39 is 11.7 Å². The molecule has 0 bridgehead atoms. The molecular formula is C14H15F3N4. The molecule has 0 fully saturated rings. The first kappa shape index (κ1) is 15.2. The topological polar surface area (TPSA) is 55.0 Å². The fourth-order valence-electron chi connectivity index (χ4n) is 1.84. The normalized spacial score (nSPS) is 11.5. The molecule has 0 aliphatic heterocycles. The van der Waals surface area contributed by atoms with Crippen LogP contribution < -0.4 is 10.6 Å². The molecule has 1 aromatic carbocycles. The number of hydrogen-bond donors (Lipinski definition) is 1. The Hall–Kier alpha value is -2.15. The fraction of sp³-hybridized carbons (Fsp3) is 0.286. The van der Waals surface area contributed by atoms with Gasteiger partial charge in [0.15, 0.2) is 0 Å². The zero-order valence-corrected chi connectivity index (χ0v) is 11.4. The molecule has 0 unspecified atom stereocenters. The second kappa shape index (κ2) is 6.09. The van der Waals surface area contributed by atoms with Crippen LogP contribution in [0.5, 0.6) is 0 Å². The van der Waals surface area contributed by atoms with Gasteiger partial charge < -0.3 is 10.6 Å². The smallest absolute Gasteiger partial charge is 0.343 e. The predicted molar refractivity (Wildman–Crippen MR) is 74.8 cm³/mol. The van der Waals surface area contributed by atoms with Gasteiger partial charge in [-0.15, -0.1) is 0 Å². The van der Waals surface area contributed by atoms with Gasteiger partial charge in [-0.2, -0.15) is 13.2 Å². The number of aromatic nitrogens is 2. The highest BCUT2D eigenvalue weighted by molar-refractivity contribution is 5.61. The van der Waals surface area contributed by atoms with Crippen LogP contribution in [-0.4, -0.2) is 30.1 Å². The molecule has 7 heteroatoms. The maximum absolute atomic E-state index is 12.7. The molecule has 0 saturated carbocycles. The Bertz CT molecular complexity index is 613. The number of hydrogen-bond acceptors (Lipinski definition) is 4.